The van der Waals surface area contributed by atoms with Crippen LogP contribution in [0.3, 0.4) is 0 Å². The number of fused-ring (bicyclic) bond motifs is 1. The monoisotopic (exact) mass is 352 g/mol. The number of hydrogen-bond acceptors (Lipinski definition) is 4. The fourth-order valence-electron chi connectivity index (χ4n) is 2.83. The number of nitrogens with zero attached hydrogens (tertiary/aromatic N) is 1. The number of hydrogen-bond donors (Lipinski definition) is 1. The van der Waals surface area contributed by atoms with Crippen LogP contribution >= 0.6 is 0 Å². The Morgan fingerprint density at radius 2 is 1.96 bits per heavy atom. The highest BCUT2D eigenvalue weighted by atomic mass is 16.5. The molecule has 1 heterocycles. The highest BCUT2D eigenvalue weighted by Crippen LogP contribution is 2.24. The largest absolute Gasteiger partial charge is 0.495 e. The van der Waals surface area contributed by atoms with Gasteiger partial charge in [-0.2, -0.15) is 0 Å². The maximum absolute atomic E-state index is 12.9. The van der Waals surface area contributed by atoms with E-state index in [1.807, 2.05) is 13.0 Å². The summed E-state index contributed by atoms with van der Waals surface area (Å²) in [5, 5.41) is 3.18. The third-order valence-corrected chi connectivity index (χ3v) is 4.07. The topological polar surface area (TPSA) is 69.6 Å². The van der Waals surface area contributed by atoms with Gasteiger partial charge in [0.25, 0.3) is 5.91 Å². The molecule has 134 valence electrons. The number of para-hydroxylation sites is 2. The van der Waals surface area contributed by atoms with E-state index in [4.69, 9.17) is 9.47 Å². The maximum atomic E-state index is 12.9. The lowest BCUT2D eigenvalue weighted by Gasteiger charge is -2.12. The fourth-order valence-corrected chi connectivity index (χ4v) is 2.83. The molecule has 6 nitrogen and oxygen atoms in total. The summed E-state index contributed by atoms with van der Waals surface area (Å²) in [6, 6.07) is 12.3. The lowest BCUT2D eigenvalue weighted by Crippen LogP contribution is -2.23. The van der Waals surface area contributed by atoms with E-state index in [1.54, 1.807) is 48.0 Å². The van der Waals surface area contributed by atoms with Crippen molar-refractivity contribution < 1.29 is 14.3 Å². The molecule has 1 aromatic heterocycles. The molecule has 0 radical (unpaired) electrons. The first-order chi connectivity index (χ1) is 12.5. The SMILES string of the molecule is CCOc1ccc2c(c1)c(=O)c(C(=O)Nc1ccccc1OC)cn2C. The van der Waals surface area contributed by atoms with E-state index >= 15 is 0 Å². The molecule has 0 fully saturated rings. The quantitative estimate of drug-likeness (QED) is 0.766. The van der Waals surface area contributed by atoms with Gasteiger partial charge in [-0.1, -0.05) is 12.1 Å². The second kappa shape index (κ2) is 7.31. The van der Waals surface area contributed by atoms with Crippen molar-refractivity contribution >= 4 is 22.5 Å². The fraction of sp³-hybridized carbons (Fsp3) is 0.200. The Bertz CT molecular complexity index is 1020. The molecule has 0 unspecified atom stereocenters. The van der Waals surface area contributed by atoms with Crippen molar-refractivity contribution in [2.75, 3.05) is 19.0 Å². The van der Waals surface area contributed by atoms with Crippen LogP contribution in [0, 0.1) is 0 Å². The Labute approximate surface area is 151 Å². The van der Waals surface area contributed by atoms with Crippen LogP contribution in [0.1, 0.15) is 17.3 Å². The first kappa shape index (κ1) is 17.5. The van der Waals surface area contributed by atoms with E-state index in [-0.39, 0.29) is 11.0 Å². The number of amides is 1. The van der Waals surface area contributed by atoms with Crippen molar-refractivity contribution in [2.45, 2.75) is 6.92 Å². The minimum atomic E-state index is -0.487. The molecule has 26 heavy (non-hydrogen) atoms. The molecular formula is C20H20N2O4. The Morgan fingerprint density at radius 3 is 2.69 bits per heavy atom. The first-order valence-electron chi connectivity index (χ1n) is 8.25. The van der Waals surface area contributed by atoms with Gasteiger partial charge in [-0.05, 0) is 37.3 Å². The molecule has 3 aromatic rings. The molecule has 0 saturated carbocycles. The average Bonchev–Trinajstić information content (AvgIpc) is 2.65. The molecule has 0 aliphatic rings. The molecule has 2 aromatic carbocycles. The van der Waals surface area contributed by atoms with Crippen molar-refractivity contribution in [3.8, 4) is 11.5 Å². The summed E-state index contributed by atoms with van der Waals surface area (Å²) in [4.78, 5) is 25.6. The lowest BCUT2D eigenvalue weighted by molar-refractivity contribution is 0.102. The van der Waals surface area contributed by atoms with Gasteiger partial charge in [0.1, 0.15) is 17.1 Å². The van der Waals surface area contributed by atoms with Gasteiger partial charge >= 0.3 is 0 Å². The first-order valence-corrected chi connectivity index (χ1v) is 8.25. The van der Waals surface area contributed by atoms with Crippen molar-refractivity contribution in [1.82, 2.24) is 4.57 Å². The number of carbonyl (C=O) groups excluding carboxylic acids is 1. The Hall–Kier alpha value is -3.28. The van der Waals surface area contributed by atoms with Gasteiger partial charge < -0.3 is 19.4 Å². The van der Waals surface area contributed by atoms with E-state index in [1.165, 1.54) is 13.3 Å². The van der Waals surface area contributed by atoms with E-state index < -0.39 is 5.91 Å². The number of ether oxygens (including phenoxy) is 2. The number of carbonyl (C=O) groups is 1. The van der Waals surface area contributed by atoms with Crippen LogP contribution in [0.5, 0.6) is 11.5 Å². The van der Waals surface area contributed by atoms with Gasteiger partial charge in [-0.15, -0.1) is 0 Å². The van der Waals surface area contributed by atoms with Crippen LogP contribution in [0.4, 0.5) is 5.69 Å². The summed E-state index contributed by atoms with van der Waals surface area (Å²) in [5.74, 6) is 0.635. The molecule has 0 atom stereocenters. The summed E-state index contributed by atoms with van der Waals surface area (Å²) in [5.41, 5.74) is 0.948. The van der Waals surface area contributed by atoms with Crippen molar-refractivity contribution in [3.63, 3.8) is 0 Å². The van der Waals surface area contributed by atoms with Crippen LogP contribution in [-0.4, -0.2) is 24.2 Å². The smallest absolute Gasteiger partial charge is 0.261 e. The number of aryl methyl sites for hydroxylation is 1. The minimum Gasteiger partial charge on any atom is -0.495 e. The van der Waals surface area contributed by atoms with E-state index in [9.17, 15) is 9.59 Å². The second-order valence-electron chi connectivity index (χ2n) is 5.75. The molecular weight excluding hydrogens is 332 g/mol. The zero-order valence-corrected chi connectivity index (χ0v) is 14.9. The molecule has 6 heteroatoms. The van der Waals surface area contributed by atoms with Gasteiger partial charge in [0.05, 0.1) is 30.3 Å². The summed E-state index contributed by atoms with van der Waals surface area (Å²) in [6.07, 6.45) is 1.54. The standard InChI is InChI=1S/C20H20N2O4/c1-4-26-13-9-10-17-14(11-13)19(23)15(12-22(17)2)20(24)21-16-7-5-6-8-18(16)25-3/h5-12H,4H2,1-3H3,(H,21,24). The van der Waals surface area contributed by atoms with E-state index in [0.717, 1.165) is 5.52 Å². The van der Waals surface area contributed by atoms with Crippen LogP contribution in [-0.2, 0) is 7.05 Å². The average molecular weight is 352 g/mol. The molecule has 1 amide bonds. The van der Waals surface area contributed by atoms with Crippen molar-refractivity contribution in [3.05, 3.63) is 64.4 Å². The lowest BCUT2D eigenvalue weighted by atomic mass is 10.1. The van der Waals surface area contributed by atoms with Crippen LogP contribution in [0.15, 0.2) is 53.5 Å². The summed E-state index contributed by atoms with van der Waals surface area (Å²) < 4.78 is 12.5. The van der Waals surface area contributed by atoms with Gasteiger partial charge in [-0.3, -0.25) is 9.59 Å². The number of rotatable bonds is 5. The normalized spacial score (nSPS) is 10.6. The van der Waals surface area contributed by atoms with Gasteiger partial charge in [0, 0.05) is 13.2 Å². The molecule has 0 aliphatic heterocycles. The highest BCUT2D eigenvalue weighted by molar-refractivity contribution is 6.06. The number of nitrogens with one attached hydrogen (secondary N) is 1. The predicted octanol–water partition coefficient (Wildman–Crippen LogP) is 3.20. The maximum Gasteiger partial charge on any atom is 0.261 e. The Balaban J connectivity index is 2.05. The van der Waals surface area contributed by atoms with Crippen LogP contribution in [0.25, 0.3) is 10.9 Å². The van der Waals surface area contributed by atoms with Crippen molar-refractivity contribution in [1.29, 1.82) is 0 Å². The minimum absolute atomic E-state index is 0.0551. The molecule has 1 N–H and O–H groups in total. The second-order valence-corrected chi connectivity index (χ2v) is 5.75. The number of aromatic nitrogens is 1. The Kier molecular flexibility index (Phi) is 4.93. The number of methoxy groups -OCH3 is 1. The van der Waals surface area contributed by atoms with Crippen LogP contribution < -0.4 is 20.2 Å². The predicted molar refractivity (Wildman–Crippen MR) is 101 cm³/mol. The van der Waals surface area contributed by atoms with E-state index in [2.05, 4.69) is 5.32 Å². The third kappa shape index (κ3) is 3.26. The molecule has 0 bridgehead atoms. The number of benzene rings is 2. The van der Waals surface area contributed by atoms with Crippen molar-refractivity contribution in [2.24, 2.45) is 7.05 Å². The van der Waals surface area contributed by atoms with E-state index in [0.29, 0.717) is 29.2 Å². The summed E-state index contributed by atoms with van der Waals surface area (Å²) in [7, 11) is 3.32. The zero-order chi connectivity index (χ0) is 18.7. The molecule has 0 saturated heterocycles. The third-order valence-electron chi connectivity index (χ3n) is 4.07. The van der Waals surface area contributed by atoms with Crippen LogP contribution in [0.2, 0.25) is 0 Å². The van der Waals surface area contributed by atoms with Gasteiger partial charge in [-0.25, -0.2) is 0 Å². The van der Waals surface area contributed by atoms with Gasteiger partial charge in [0.2, 0.25) is 5.43 Å². The zero-order valence-electron chi connectivity index (χ0n) is 14.9. The number of anilines is 1. The Morgan fingerprint density at radius 1 is 1.19 bits per heavy atom. The summed E-state index contributed by atoms with van der Waals surface area (Å²) in [6.45, 7) is 2.37. The highest BCUT2D eigenvalue weighted by Gasteiger charge is 2.16. The summed E-state index contributed by atoms with van der Waals surface area (Å²) >= 11 is 0. The molecule has 0 spiro atoms. The number of pyridine rings is 1. The molecule has 3 rings (SSSR count). The van der Waals surface area contributed by atoms with Gasteiger partial charge in [0.15, 0.2) is 0 Å². The molecule has 0 aliphatic carbocycles.